The quantitative estimate of drug-likeness (QED) is 0.402. The molecular formula is C9H20N4O2. The van der Waals surface area contributed by atoms with Crippen LogP contribution in [0.15, 0.2) is 0 Å². The molecule has 0 atom stereocenters. The van der Waals surface area contributed by atoms with Crippen LogP contribution in [0.2, 0.25) is 0 Å². The van der Waals surface area contributed by atoms with Gasteiger partial charge < -0.3 is 22.1 Å². The first-order chi connectivity index (χ1) is 7.16. The van der Waals surface area contributed by atoms with Crippen LogP contribution < -0.4 is 22.1 Å². The molecule has 0 aromatic carbocycles. The Labute approximate surface area is 89.8 Å². The number of hydrogen-bond acceptors (Lipinski definition) is 3. The first kappa shape index (κ1) is 13.7. The van der Waals surface area contributed by atoms with E-state index in [1.807, 2.05) is 0 Å². The maximum absolute atomic E-state index is 11.2. The van der Waals surface area contributed by atoms with Crippen molar-refractivity contribution in [3.05, 3.63) is 0 Å². The van der Waals surface area contributed by atoms with Gasteiger partial charge in [0.05, 0.1) is 0 Å². The Morgan fingerprint density at radius 3 is 2.27 bits per heavy atom. The van der Waals surface area contributed by atoms with Crippen molar-refractivity contribution in [1.82, 2.24) is 10.6 Å². The predicted octanol–water partition coefficient (Wildman–Crippen LogP) is -0.710. The molecule has 3 amide bonds. The van der Waals surface area contributed by atoms with Gasteiger partial charge in [-0.05, 0) is 19.4 Å². The van der Waals surface area contributed by atoms with Gasteiger partial charge in [-0.3, -0.25) is 4.79 Å². The standard InChI is InChI=1S/C9H20N4O2/c10-5-3-1-2-4-8(14)12-6-7-13-9(11)15/h1-7,10H2,(H,12,14)(H3,11,13,15). The van der Waals surface area contributed by atoms with E-state index in [1.165, 1.54) is 0 Å². The molecule has 6 N–H and O–H groups in total. The minimum atomic E-state index is -0.577. The third kappa shape index (κ3) is 10.6. The highest BCUT2D eigenvalue weighted by Gasteiger charge is 1.99. The lowest BCUT2D eigenvalue weighted by Gasteiger charge is -2.05. The molecule has 0 bridgehead atoms. The fraction of sp³-hybridized carbons (Fsp3) is 0.778. The number of rotatable bonds is 8. The van der Waals surface area contributed by atoms with Gasteiger partial charge in [0.15, 0.2) is 0 Å². The molecular weight excluding hydrogens is 196 g/mol. The summed E-state index contributed by atoms with van der Waals surface area (Å²) >= 11 is 0. The molecule has 0 aromatic rings. The second kappa shape index (κ2) is 9.26. The second-order valence-electron chi connectivity index (χ2n) is 3.24. The summed E-state index contributed by atoms with van der Waals surface area (Å²) in [5.74, 6) is -0.00158. The minimum Gasteiger partial charge on any atom is -0.354 e. The first-order valence-corrected chi connectivity index (χ1v) is 5.17. The molecule has 0 saturated heterocycles. The van der Waals surface area contributed by atoms with Crippen molar-refractivity contribution in [1.29, 1.82) is 0 Å². The molecule has 6 nitrogen and oxygen atoms in total. The van der Waals surface area contributed by atoms with Crippen LogP contribution in [0.1, 0.15) is 25.7 Å². The lowest BCUT2D eigenvalue weighted by Crippen LogP contribution is -2.37. The van der Waals surface area contributed by atoms with Crippen molar-refractivity contribution in [2.45, 2.75) is 25.7 Å². The summed E-state index contributed by atoms with van der Waals surface area (Å²) in [6.45, 7) is 1.45. The third-order valence-corrected chi connectivity index (χ3v) is 1.85. The summed E-state index contributed by atoms with van der Waals surface area (Å²) < 4.78 is 0. The van der Waals surface area contributed by atoms with Crippen LogP contribution in [0.25, 0.3) is 0 Å². The SMILES string of the molecule is NCCCCCC(=O)NCCNC(N)=O. The smallest absolute Gasteiger partial charge is 0.312 e. The number of primary amides is 1. The molecule has 0 rings (SSSR count). The second-order valence-corrected chi connectivity index (χ2v) is 3.24. The molecule has 0 saturated carbocycles. The number of urea groups is 1. The normalized spacial score (nSPS) is 9.67. The molecule has 0 spiro atoms. The van der Waals surface area contributed by atoms with Crippen LogP contribution in [0.4, 0.5) is 4.79 Å². The highest BCUT2D eigenvalue weighted by Crippen LogP contribution is 1.97. The van der Waals surface area contributed by atoms with Gasteiger partial charge in [0.25, 0.3) is 0 Å². The van der Waals surface area contributed by atoms with Crippen LogP contribution in [0, 0.1) is 0 Å². The van der Waals surface area contributed by atoms with E-state index >= 15 is 0 Å². The monoisotopic (exact) mass is 216 g/mol. The van der Waals surface area contributed by atoms with E-state index in [4.69, 9.17) is 11.5 Å². The molecule has 88 valence electrons. The Morgan fingerprint density at radius 2 is 1.67 bits per heavy atom. The predicted molar refractivity (Wildman–Crippen MR) is 58.1 cm³/mol. The van der Waals surface area contributed by atoms with E-state index in [0.717, 1.165) is 19.3 Å². The van der Waals surface area contributed by atoms with Gasteiger partial charge in [0.2, 0.25) is 5.91 Å². The van der Waals surface area contributed by atoms with Gasteiger partial charge in [0.1, 0.15) is 0 Å². The summed E-state index contributed by atoms with van der Waals surface area (Å²) in [6.07, 6.45) is 3.29. The van der Waals surface area contributed by atoms with E-state index < -0.39 is 6.03 Å². The number of unbranched alkanes of at least 4 members (excludes halogenated alkanes) is 2. The summed E-state index contributed by atoms with van der Waals surface area (Å²) in [6, 6.07) is -0.577. The average Bonchev–Trinajstić information content (AvgIpc) is 2.19. The number of carbonyl (C=O) groups is 2. The van der Waals surface area contributed by atoms with E-state index in [0.29, 0.717) is 26.1 Å². The average molecular weight is 216 g/mol. The number of hydrogen-bond donors (Lipinski definition) is 4. The fourth-order valence-corrected chi connectivity index (χ4v) is 1.08. The number of amides is 3. The van der Waals surface area contributed by atoms with Gasteiger partial charge >= 0.3 is 6.03 Å². The molecule has 0 radical (unpaired) electrons. The van der Waals surface area contributed by atoms with E-state index in [9.17, 15) is 9.59 Å². The Balaban J connectivity index is 3.22. The van der Waals surface area contributed by atoms with Crippen molar-refractivity contribution in [2.24, 2.45) is 11.5 Å². The highest BCUT2D eigenvalue weighted by molar-refractivity contribution is 5.76. The molecule has 0 aliphatic heterocycles. The van der Waals surface area contributed by atoms with Crippen molar-refractivity contribution in [2.75, 3.05) is 19.6 Å². The van der Waals surface area contributed by atoms with Crippen molar-refractivity contribution < 1.29 is 9.59 Å². The van der Waals surface area contributed by atoms with Crippen LogP contribution in [-0.2, 0) is 4.79 Å². The van der Waals surface area contributed by atoms with Crippen LogP contribution >= 0.6 is 0 Å². The Kier molecular flexibility index (Phi) is 8.46. The third-order valence-electron chi connectivity index (χ3n) is 1.85. The molecule has 0 heterocycles. The largest absolute Gasteiger partial charge is 0.354 e. The summed E-state index contributed by atoms with van der Waals surface area (Å²) in [7, 11) is 0. The van der Waals surface area contributed by atoms with Gasteiger partial charge in [0, 0.05) is 19.5 Å². The number of carbonyl (C=O) groups excluding carboxylic acids is 2. The van der Waals surface area contributed by atoms with Crippen LogP contribution in [-0.4, -0.2) is 31.6 Å². The Bertz CT molecular complexity index is 197. The van der Waals surface area contributed by atoms with E-state index in [-0.39, 0.29) is 5.91 Å². The molecule has 0 unspecified atom stereocenters. The summed E-state index contributed by atoms with van der Waals surface area (Å²) in [5, 5.41) is 5.06. The first-order valence-electron chi connectivity index (χ1n) is 5.17. The summed E-state index contributed by atoms with van der Waals surface area (Å²) in [4.78, 5) is 21.4. The molecule has 15 heavy (non-hydrogen) atoms. The van der Waals surface area contributed by atoms with E-state index in [2.05, 4.69) is 10.6 Å². The van der Waals surface area contributed by atoms with Gasteiger partial charge in [-0.1, -0.05) is 6.42 Å². The zero-order valence-electron chi connectivity index (χ0n) is 8.92. The molecule has 0 fully saturated rings. The lowest BCUT2D eigenvalue weighted by atomic mass is 10.2. The van der Waals surface area contributed by atoms with Gasteiger partial charge in [-0.25, -0.2) is 4.79 Å². The topological polar surface area (TPSA) is 110 Å². The van der Waals surface area contributed by atoms with Crippen molar-refractivity contribution in [3.63, 3.8) is 0 Å². The van der Waals surface area contributed by atoms with Crippen molar-refractivity contribution >= 4 is 11.9 Å². The van der Waals surface area contributed by atoms with Gasteiger partial charge in [-0.15, -0.1) is 0 Å². The van der Waals surface area contributed by atoms with Crippen molar-refractivity contribution in [3.8, 4) is 0 Å². The maximum atomic E-state index is 11.2. The molecule has 6 heteroatoms. The van der Waals surface area contributed by atoms with E-state index in [1.54, 1.807) is 0 Å². The van der Waals surface area contributed by atoms with Crippen LogP contribution in [0.5, 0.6) is 0 Å². The van der Waals surface area contributed by atoms with Crippen LogP contribution in [0.3, 0.4) is 0 Å². The lowest BCUT2D eigenvalue weighted by molar-refractivity contribution is -0.121. The highest BCUT2D eigenvalue weighted by atomic mass is 16.2. The Hall–Kier alpha value is -1.30. The van der Waals surface area contributed by atoms with Gasteiger partial charge in [-0.2, -0.15) is 0 Å². The molecule has 0 aliphatic carbocycles. The fourth-order valence-electron chi connectivity index (χ4n) is 1.08. The zero-order valence-corrected chi connectivity index (χ0v) is 8.92. The zero-order chi connectivity index (χ0) is 11.5. The molecule has 0 aromatic heterocycles. The minimum absolute atomic E-state index is 0.00158. The molecule has 0 aliphatic rings. The number of nitrogens with one attached hydrogen (secondary N) is 2. The Morgan fingerprint density at radius 1 is 1.00 bits per heavy atom. The maximum Gasteiger partial charge on any atom is 0.312 e. The summed E-state index contributed by atoms with van der Waals surface area (Å²) in [5.41, 5.74) is 10.2. The number of nitrogens with two attached hydrogens (primary N) is 2.